The summed E-state index contributed by atoms with van der Waals surface area (Å²) >= 11 is 0. The Bertz CT molecular complexity index is 436. The van der Waals surface area contributed by atoms with E-state index in [0.717, 1.165) is 24.2 Å². The summed E-state index contributed by atoms with van der Waals surface area (Å²) in [7, 11) is 0. The highest BCUT2D eigenvalue weighted by Crippen LogP contribution is 2.37. The first-order chi connectivity index (χ1) is 10.1. The number of benzene rings is 1. The lowest BCUT2D eigenvalue weighted by Crippen LogP contribution is -2.48. The van der Waals surface area contributed by atoms with Crippen LogP contribution in [0.25, 0.3) is 0 Å². The van der Waals surface area contributed by atoms with Crippen LogP contribution in [-0.4, -0.2) is 31.5 Å². The molecule has 1 aliphatic heterocycles. The highest BCUT2D eigenvalue weighted by atomic mass is 16.5. The molecular formula is C17H27NO3. The molecular weight excluding hydrogens is 266 g/mol. The van der Waals surface area contributed by atoms with Crippen LogP contribution in [0.1, 0.15) is 45.2 Å². The average molecular weight is 293 g/mol. The SMILES string of the molecule is CCOC1(C(N)c2cccc(OC(C)C)c2)CCOCC1. The molecule has 1 fully saturated rings. The summed E-state index contributed by atoms with van der Waals surface area (Å²) in [6.45, 7) is 8.13. The van der Waals surface area contributed by atoms with Crippen molar-refractivity contribution in [2.75, 3.05) is 19.8 Å². The predicted octanol–water partition coefficient (Wildman–Crippen LogP) is 3.06. The molecule has 0 amide bonds. The lowest BCUT2D eigenvalue weighted by Gasteiger charge is -2.41. The lowest BCUT2D eigenvalue weighted by atomic mass is 9.82. The Hall–Kier alpha value is -1.10. The summed E-state index contributed by atoms with van der Waals surface area (Å²) in [5.41, 5.74) is 7.28. The Morgan fingerprint density at radius 2 is 2.00 bits per heavy atom. The zero-order chi connectivity index (χ0) is 15.3. The van der Waals surface area contributed by atoms with Gasteiger partial charge in [0.25, 0.3) is 0 Å². The van der Waals surface area contributed by atoms with E-state index in [1.54, 1.807) is 0 Å². The summed E-state index contributed by atoms with van der Waals surface area (Å²) in [6.07, 6.45) is 1.81. The van der Waals surface area contributed by atoms with Gasteiger partial charge in [0.05, 0.1) is 17.7 Å². The van der Waals surface area contributed by atoms with E-state index < -0.39 is 0 Å². The number of rotatable bonds is 6. The molecule has 0 aliphatic carbocycles. The number of hydrogen-bond donors (Lipinski definition) is 1. The van der Waals surface area contributed by atoms with Crippen molar-refractivity contribution in [1.82, 2.24) is 0 Å². The summed E-state index contributed by atoms with van der Waals surface area (Å²) in [4.78, 5) is 0. The second-order valence-electron chi connectivity index (χ2n) is 5.83. The fraction of sp³-hybridized carbons (Fsp3) is 0.647. The van der Waals surface area contributed by atoms with Crippen molar-refractivity contribution in [2.24, 2.45) is 5.73 Å². The fourth-order valence-electron chi connectivity index (χ4n) is 2.91. The maximum Gasteiger partial charge on any atom is 0.120 e. The van der Waals surface area contributed by atoms with Gasteiger partial charge in [0.2, 0.25) is 0 Å². The Balaban J connectivity index is 2.21. The van der Waals surface area contributed by atoms with Crippen LogP contribution in [0.5, 0.6) is 5.75 Å². The van der Waals surface area contributed by atoms with Gasteiger partial charge in [-0.3, -0.25) is 0 Å². The molecule has 1 atom stereocenters. The largest absolute Gasteiger partial charge is 0.491 e. The predicted molar refractivity (Wildman–Crippen MR) is 83.5 cm³/mol. The number of hydrogen-bond acceptors (Lipinski definition) is 4. The van der Waals surface area contributed by atoms with Gasteiger partial charge in [0.1, 0.15) is 5.75 Å². The van der Waals surface area contributed by atoms with Gasteiger partial charge in [0, 0.05) is 32.7 Å². The zero-order valence-electron chi connectivity index (χ0n) is 13.3. The Kier molecular flexibility index (Phi) is 5.62. The summed E-state index contributed by atoms with van der Waals surface area (Å²) in [5, 5.41) is 0. The molecule has 0 spiro atoms. The van der Waals surface area contributed by atoms with Crippen molar-refractivity contribution >= 4 is 0 Å². The molecule has 1 saturated heterocycles. The third-order valence-electron chi connectivity index (χ3n) is 3.93. The molecule has 0 aromatic heterocycles. The number of nitrogens with two attached hydrogens (primary N) is 1. The molecule has 1 aromatic carbocycles. The molecule has 1 unspecified atom stereocenters. The van der Waals surface area contributed by atoms with Crippen LogP contribution in [0.4, 0.5) is 0 Å². The van der Waals surface area contributed by atoms with Gasteiger partial charge in [-0.1, -0.05) is 12.1 Å². The molecule has 1 aliphatic rings. The minimum atomic E-state index is -0.330. The first-order valence-electron chi connectivity index (χ1n) is 7.81. The molecule has 118 valence electrons. The van der Waals surface area contributed by atoms with E-state index in [1.165, 1.54) is 0 Å². The van der Waals surface area contributed by atoms with Crippen molar-refractivity contribution in [3.05, 3.63) is 29.8 Å². The maximum absolute atomic E-state index is 6.55. The molecule has 21 heavy (non-hydrogen) atoms. The fourth-order valence-corrected chi connectivity index (χ4v) is 2.91. The van der Waals surface area contributed by atoms with Gasteiger partial charge in [-0.05, 0) is 38.5 Å². The van der Waals surface area contributed by atoms with Crippen LogP contribution in [-0.2, 0) is 9.47 Å². The van der Waals surface area contributed by atoms with Crippen molar-refractivity contribution in [2.45, 2.75) is 51.4 Å². The van der Waals surface area contributed by atoms with Gasteiger partial charge in [-0.2, -0.15) is 0 Å². The van der Waals surface area contributed by atoms with E-state index in [1.807, 2.05) is 45.0 Å². The standard InChI is InChI=1S/C17H27NO3/c1-4-20-17(8-10-19-11-9-17)16(18)14-6-5-7-15(12-14)21-13(2)3/h5-7,12-13,16H,4,8-11,18H2,1-3H3. The molecule has 1 aromatic rings. The first-order valence-corrected chi connectivity index (χ1v) is 7.81. The monoisotopic (exact) mass is 293 g/mol. The molecule has 0 saturated carbocycles. The normalized spacial score (nSPS) is 19.5. The highest BCUT2D eigenvalue weighted by molar-refractivity contribution is 5.32. The van der Waals surface area contributed by atoms with Crippen LogP contribution >= 0.6 is 0 Å². The van der Waals surface area contributed by atoms with E-state index >= 15 is 0 Å². The van der Waals surface area contributed by atoms with E-state index in [2.05, 4.69) is 0 Å². The molecule has 1 heterocycles. The topological polar surface area (TPSA) is 53.7 Å². The van der Waals surface area contributed by atoms with Crippen LogP contribution in [0.15, 0.2) is 24.3 Å². The maximum atomic E-state index is 6.55. The lowest BCUT2D eigenvalue weighted by molar-refractivity contribution is -0.121. The number of ether oxygens (including phenoxy) is 3. The van der Waals surface area contributed by atoms with E-state index in [9.17, 15) is 0 Å². The molecule has 0 radical (unpaired) electrons. The molecule has 2 N–H and O–H groups in total. The smallest absolute Gasteiger partial charge is 0.120 e. The van der Waals surface area contributed by atoms with Gasteiger partial charge in [-0.25, -0.2) is 0 Å². The van der Waals surface area contributed by atoms with E-state index in [-0.39, 0.29) is 17.7 Å². The molecule has 0 bridgehead atoms. The van der Waals surface area contributed by atoms with Gasteiger partial charge in [0.15, 0.2) is 0 Å². The average Bonchev–Trinajstić information content (AvgIpc) is 2.47. The summed E-state index contributed by atoms with van der Waals surface area (Å²) < 4.78 is 17.3. The molecule has 2 rings (SSSR count). The van der Waals surface area contributed by atoms with Crippen LogP contribution < -0.4 is 10.5 Å². The second-order valence-corrected chi connectivity index (χ2v) is 5.83. The molecule has 4 nitrogen and oxygen atoms in total. The van der Waals surface area contributed by atoms with Crippen molar-refractivity contribution in [3.63, 3.8) is 0 Å². The van der Waals surface area contributed by atoms with Gasteiger partial charge in [-0.15, -0.1) is 0 Å². The zero-order valence-corrected chi connectivity index (χ0v) is 13.3. The van der Waals surface area contributed by atoms with Crippen LogP contribution in [0, 0.1) is 0 Å². The van der Waals surface area contributed by atoms with Gasteiger partial charge >= 0.3 is 0 Å². The highest BCUT2D eigenvalue weighted by Gasteiger charge is 2.40. The quantitative estimate of drug-likeness (QED) is 0.876. The van der Waals surface area contributed by atoms with E-state index in [0.29, 0.717) is 19.8 Å². The van der Waals surface area contributed by atoms with Crippen LogP contribution in [0.3, 0.4) is 0 Å². The Labute approximate surface area is 127 Å². The third kappa shape index (κ3) is 3.96. The van der Waals surface area contributed by atoms with Gasteiger partial charge < -0.3 is 19.9 Å². The van der Waals surface area contributed by atoms with E-state index in [4.69, 9.17) is 19.9 Å². The molecule has 4 heteroatoms. The first kappa shape index (κ1) is 16.3. The second kappa shape index (κ2) is 7.25. The van der Waals surface area contributed by atoms with Crippen molar-refractivity contribution < 1.29 is 14.2 Å². The van der Waals surface area contributed by atoms with Crippen molar-refractivity contribution in [3.8, 4) is 5.75 Å². The minimum absolute atomic E-state index is 0.153. The third-order valence-corrected chi connectivity index (χ3v) is 3.93. The Morgan fingerprint density at radius 3 is 2.62 bits per heavy atom. The minimum Gasteiger partial charge on any atom is -0.491 e. The Morgan fingerprint density at radius 1 is 1.29 bits per heavy atom. The summed E-state index contributed by atoms with van der Waals surface area (Å²) in [6, 6.07) is 7.87. The summed E-state index contributed by atoms with van der Waals surface area (Å²) in [5.74, 6) is 0.858. The van der Waals surface area contributed by atoms with Crippen molar-refractivity contribution in [1.29, 1.82) is 0 Å². The van der Waals surface area contributed by atoms with Crippen LogP contribution in [0.2, 0.25) is 0 Å².